The SMILES string of the molecule is ClCCCCCOCc1ccccc1Br. The molecule has 1 aromatic carbocycles. The Morgan fingerprint density at radius 3 is 2.67 bits per heavy atom. The molecule has 0 unspecified atom stereocenters. The Morgan fingerprint density at radius 1 is 1.13 bits per heavy atom. The maximum Gasteiger partial charge on any atom is 0.0727 e. The Bertz CT molecular complexity index is 278. The second-order valence-electron chi connectivity index (χ2n) is 3.39. The van der Waals surface area contributed by atoms with Crippen molar-refractivity contribution in [1.29, 1.82) is 0 Å². The minimum absolute atomic E-state index is 0.683. The van der Waals surface area contributed by atoms with Crippen LogP contribution in [0.4, 0.5) is 0 Å². The van der Waals surface area contributed by atoms with Crippen molar-refractivity contribution in [1.82, 2.24) is 0 Å². The molecule has 3 heteroatoms. The predicted molar refractivity (Wildman–Crippen MR) is 68.4 cm³/mol. The van der Waals surface area contributed by atoms with Crippen molar-refractivity contribution in [2.45, 2.75) is 25.9 Å². The van der Waals surface area contributed by atoms with Gasteiger partial charge in [0.2, 0.25) is 0 Å². The standard InChI is InChI=1S/C12H16BrClO/c13-12-7-3-2-6-11(12)10-15-9-5-1-4-8-14/h2-3,6-7H,1,4-5,8-10H2. The second-order valence-corrected chi connectivity index (χ2v) is 4.63. The first-order valence-corrected chi connectivity index (χ1v) is 6.54. The van der Waals surface area contributed by atoms with Crippen LogP contribution < -0.4 is 0 Å². The van der Waals surface area contributed by atoms with E-state index in [4.69, 9.17) is 16.3 Å². The molecule has 1 aromatic rings. The molecular weight excluding hydrogens is 275 g/mol. The van der Waals surface area contributed by atoms with Crippen LogP contribution in [0.5, 0.6) is 0 Å². The first-order valence-electron chi connectivity index (χ1n) is 5.21. The maximum atomic E-state index is 5.58. The molecule has 84 valence electrons. The van der Waals surface area contributed by atoms with Gasteiger partial charge in [-0.2, -0.15) is 0 Å². The normalized spacial score (nSPS) is 10.5. The molecule has 0 heterocycles. The van der Waals surface area contributed by atoms with Crippen LogP contribution in [0.25, 0.3) is 0 Å². The molecule has 0 aromatic heterocycles. The van der Waals surface area contributed by atoms with Gasteiger partial charge in [0.25, 0.3) is 0 Å². The fourth-order valence-corrected chi connectivity index (χ4v) is 1.86. The van der Waals surface area contributed by atoms with Crippen LogP contribution in [0, 0.1) is 0 Å². The average Bonchev–Trinajstić information content (AvgIpc) is 2.25. The number of ether oxygens (including phenoxy) is 1. The van der Waals surface area contributed by atoms with Crippen LogP contribution in [0.3, 0.4) is 0 Å². The van der Waals surface area contributed by atoms with E-state index in [9.17, 15) is 0 Å². The molecule has 15 heavy (non-hydrogen) atoms. The number of hydrogen-bond acceptors (Lipinski definition) is 1. The first-order chi connectivity index (χ1) is 7.34. The molecule has 1 rings (SSSR count). The molecule has 1 nitrogen and oxygen atoms in total. The first kappa shape index (κ1) is 13.0. The summed E-state index contributed by atoms with van der Waals surface area (Å²) < 4.78 is 6.69. The molecule has 0 saturated carbocycles. The summed E-state index contributed by atoms with van der Waals surface area (Å²) in [6.45, 7) is 1.50. The lowest BCUT2D eigenvalue weighted by Crippen LogP contribution is -1.96. The van der Waals surface area contributed by atoms with E-state index in [1.165, 1.54) is 5.56 Å². The highest BCUT2D eigenvalue weighted by atomic mass is 79.9. The fourth-order valence-electron chi connectivity index (χ4n) is 1.27. The summed E-state index contributed by atoms with van der Waals surface area (Å²) in [7, 11) is 0. The molecule has 0 atom stereocenters. The van der Waals surface area contributed by atoms with Crippen molar-refractivity contribution in [3.05, 3.63) is 34.3 Å². The van der Waals surface area contributed by atoms with Crippen LogP contribution in [0.2, 0.25) is 0 Å². The van der Waals surface area contributed by atoms with Gasteiger partial charge in [0.05, 0.1) is 6.61 Å². The van der Waals surface area contributed by atoms with Crippen LogP contribution in [-0.4, -0.2) is 12.5 Å². The number of halogens is 2. The van der Waals surface area contributed by atoms with Gasteiger partial charge in [-0.1, -0.05) is 34.1 Å². The average molecular weight is 292 g/mol. The third kappa shape index (κ3) is 5.55. The van der Waals surface area contributed by atoms with Gasteiger partial charge in [-0.15, -0.1) is 11.6 Å². The number of rotatable bonds is 7. The van der Waals surface area contributed by atoms with Gasteiger partial charge in [-0.25, -0.2) is 0 Å². The predicted octanol–water partition coefficient (Wildman–Crippen LogP) is 4.37. The Balaban J connectivity index is 2.12. The van der Waals surface area contributed by atoms with E-state index in [1.807, 2.05) is 18.2 Å². The Morgan fingerprint density at radius 2 is 1.93 bits per heavy atom. The Labute approximate surface area is 105 Å². The molecule has 0 radical (unpaired) electrons. The summed E-state index contributed by atoms with van der Waals surface area (Å²) in [5.41, 5.74) is 1.20. The van der Waals surface area contributed by atoms with Crippen molar-refractivity contribution < 1.29 is 4.74 Å². The van der Waals surface area contributed by atoms with E-state index < -0.39 is 0 Å². The fraction of sp³-hybridized carbons (Fsp3) is 0.500. The minimum Gasteiger partial charge on any atom is -0.377 e. The smallest absolute Gasteiger partial charge is 0.0727 e. The molecule has 0 spiro atoms. The summed E-state index contributed by atoms with van der Waals surface area (Å²) in [5, 5.41) is 0. The van der Waals surface area contributed by atoms with Gasteiger partial charge < -0.3 is 4.74 Å². The molecular formula is C12H16BrClO. The summed E-state index contributed by atoms with van der Waals surface area (Å²) in [4.78, 5) is 0. The highest BCUT2D eigenvalue weighted by Crippen LogP contribution is 2.16. The zero-order valence-corrected chi connectivity index (χ0v) is 11.1. The third-order valence-corrected chi connectivity index (χ3v) is 3.18. The van der Waals surface area contributed by atoms with Crippen LogP contribution in [0.1, 0.15) is 24.8 Å². The summed E-state index contributed by atoms with van der Waals surface area (Å²) in [6, 6.07) is 8.14. The maximum absolute atomic E-state index is 5.58. The molecule has 0 aliphatic heterocycles. The summed E-state index contributed by atoms with van der Waals surface area (Å²) in [6.07, 6.45) is 3.33. The van der Waals surface area contributed by atoms with E-state index in [0.717, 1.165) is 36.2 Å². The number of benzene rings is 1. The van der Waals surface area contributed by atoms with E-state index in [0.29, 0.717) is 6.61 Å². The Hall–Kier alpha value is -0.0500. The van der Waals surface area contributed by atoms with E-state index >= 15 is 0 Å². The van der Waals surface area contributed by atoms with E-state index in [1.54, 1.807) is 0 Å². The zero-order chi connectivity index (χ0) is 10.9. The summed E-state index contributed by atoms with van der Waals surface area (Å²) in [5.74, 6) is 0.754. The van der Waals surface area contributed by atoms with Gasteiger partial charge in [0, 0.05) is 17.0 Å². The molecule has 0 aliphatic rings. The molecule has 0 N–H and O–H groups in total. The molecule has 0 bridgehead atoms. The number of hydrogen-bond donors (Lipinski definition) is 0. The highest BCUT2D eigenvalue weighted by Gasteiger charge is 1.97. The van der Waals surface area contributed by atoms with Gasteiger partial charge in [0.15, 0.2) is 0 Å². The molecule has 0 saturated heterocycles. The Kier molecular flexibility index (Phi) is 7.07. The minimum atomic E-state index is 0.683. The van der Waals surface area contributed by atoms with Crippen molar-refractivity contribution >= 4 is 27.5 Å². The van der Waals surface area contributed by atoms with Gasteiger partial charge in [0.1, 0.15) is 0 Å². The van der Waals surface area contributed by atoms with E-state index in [2.05, 4.69) is 22.0 Å². The van der Waals surface area contributed by atoms with Gasteiger partial charge in [-0.3, -0.25) is 0 Å². The van der Waals surface area contributed by atoms with Crippen LogP contribution in [-0.2, 0) is 11.3 Å². The number of alkyl halides is 1. The second kappa shape index (κ2) is 8.14. The lowest BCUT2D eigenvalue weighted by atomic mass is 10.2. The molecule has 0 aliphatic carbocycles. The molecule has 0 amide bonds. The molecule has 0 fully saturated rings. The third-order valence-electron chi connectivity index (χ3n) is 2.14. The lowest BCUT2D eigenvalue weighted by Gasteiger charge is -2.05. The quantitative estimate of drug-likeness (QED) is 0.535. The van der Waals surface area contributed by atoms with Crippen LogP contribution >= 0.6 is 27.5 Å². The zero-order valence-electron chi connectivity index (χ0n) is 8.72. The van der Waals surface area contributed by atoms with Crippen molar-refractivity contribution in [3.8, 4) is 0 Å². The lowest BCUT2D eigenvalue weighted by molar-refractivity contribution is 0.116. The largest absolute Gasteiger partial charge is 0.377 e. The van der Waals surface area contributed by atoms with E-state index in [-0.39, 0.29) is 0 Å². The van der Waals surface area contributed by atoms with Crippen molar-refractivity contribution in [2.75, 3.05) is 12.5 Å². The topological polar surface area (TPSA) is 9.23 Å². The summed E-state index contributed by atoms with van der Waals surface area (Å²) >= 11 is 9.08. The number of unbranched alkanes of at least 4 members (excludes halogenated alkanes) is 2. The van der Waals surface area contributed by atoms with Gasteiger partial charge >= 0.3 is 0 Å². The highest BCUT2D eigenvalue weighted by molar-refractivity contribution is 9.10. The van der Waals surface area contributed by atoms with Crippen molar-refractivity contribution in [2.24, 2.45) is 0 Å². The van der Waals surface area contributed by atoms with Gasteiger partial charge in [-0.05, 0) is 30.9 Å². The monoisotopic (exact) mass is 290 g/mol. The van der Waals surface area contributed by atoms with Crippen molar-refractivity contribution in [3.63, 3.8) is 0 Å². The van der Waals surface area contributed by atoms with Crippen LogP contribution in [0.15, 0.2) is 28.7 Å².